The highest BCUT2D eigenvalue weighted by Gasteiger charge is 2.93. The number of hydrogen-bond acceptors (Lipinski definition) is 2. The molecule has 0 spiro atoms. The normalized spacial score (nSPS) is 16.6. The molecule has 50 heavy (non-hydrogen) atoms. The van der Waals surface area contributed by atoms with Crippen LogP contribution in [-0.2, 0) is 11.3 Å². The molecule has 1 aromatic rings. The summed E-state index contributed by atoms with van der Waals surface area (Å²) in [7, 11) is 0. The second kappa shape index (κ2) is 17.6. The van der Waals surface area contributed by atoms with E-state index in [1.54, 1.807) is 0 Å². The molecule has 1 aromatic carbocycles. The summed E-state index contributed by atoms with van der Waals surface area (Å²) < 4.78 is 211. The number of rotatable bonds is 23. The van der Waals surface area contributed by atoms with Crippen molar-refractivity contribution in [3.8, 4) is 5.75 Å². The number of benzene rings is 1. The summed E-state index contributed by atoms with van der Waals surface area (Å²) in [5.41, 5.74) is 0.661. The highest BCUT2D eigenvalue weighted by molar-refractivity contribution is 5.27. The lowest BCUT2D eigenvalue weighted by Gasteiger charge is -2.41. The van der Waals surface area contributed by atoms with Gasteiger partial charge in [0.25, 0.3) is 0 Å². The molecule has 17 heteroatoms. The monoisotopic (exact) mass is 758 g/mol. The van der Waals surface area contributed by atoms with Crippen LogP contribution in [0, 0.1) is 17.8 Å². The second-order valence-corrected chi connectivity index (χ2v) is 13.1. The van der Waals surface area contributed by atoms with Gasteiger partial charge in [-0.2, -0.15) is 65.9 Å². The molecule has 0 aromatic heterocycles. The van der Waals surface area contributed by atoms with E-state index in [1.807, 2.05) is 6.92 Å². The van der Waals surface area contributed by atoms with Gasteiger partial charge < -0.3 is 9.47 Å². The Hall–Kier alpha value is -2.07. The van der Waals surface area contributed by atoms with Crippen LogP contribution in [0.4, 0.5) is 65.9 Å². The summed E-state index contributed by atoms with van der Waals surface area (Å²) in [6, 6.07) is 5.66. The Morgan fingerprint density at radius 1 is 0.560 bits per heavy atom. The predicted octanol–water partition coefficient (Wildman–Crippen LogP) is 12.8. The van der Waals surface area contributed by atoms with Crippen LogP contribution in [0.15, 0.2) is 24.3 Å². The lowest BCUT2D eigenvalue weighted by Crippen LogP contribution is -2.72. The van der Waals surface area contributed by atoms with E-state index in [1.165, 1.54) is 49.9 Å². The molecule has 1 rings (SSSR count). The summed E-state index contributed by atoms with van der Waals surface area (Å²) in [6.07, 6.45) is -3.46. The van der Waals surface area contributed by atoms with Crippen molar-refractivity contribution in [1.29, 1.82) is 0 Å². The smallest absolute Gasteiger partial charge is 0.460 e. The number of alkyl halides is 15. The van der Waals surface area contributed by atoms with Crippen molar-refractivity contribution in [2.75, 3.05) is 6.61 Å². The molecule has 0 N–H and O–H groups in total. The van der Waals surface area contributed by atoms with Crippen LogP contribution in [0.1, 0.15) is 98.0 Å². The largest absolute Gasteiger partial charge is 0.494 e. The van der Waals surface area contributed by atoms with E-state index < -0.39 is 61.2 Å². The van der Waals surface area contributed by atoms with Crippen molar-refractivity contribution in [2.24, 2.45) is 17.8 Å². The van der Waals surface area contributed by atoms with Crippen molar-refractivity contribution in [3.63, 3.8) is 0 Å². The lowest BCUT2D eigenvalue weighted by atomic mass is 9.90. The van der Waals surface area contributed by atoms with Gasteiger partial charge in [0.15, 0.2) is 0 Å². The van der Waals surface area contributed by atoms with Crippen LogP contribution in [0.2, 0.25) is 0 Å². The third-order valence-electron chi connectivity index (χ3n) is 8.98. The zero-order valence-electron chi connectivity index (χ0n) is 28.4. The van der Waals surface area contributed by atoms with E-state index in [2.05, 4.69) is 27.7 Å². The maximum absolute atomic E-state index is 14.0. The molecule has 294 valence electrons. The molecule has 0 bridgehead atoms. The average Bonchev–Trinajstić information content (AvgIpc) is 3.01. The van der Waals surface area contributed by atoms with Gasteiger partial charge >= 0.3 is 41.7 Å². The minimum absolute atomic E-state index is 0.0330. The van der Waals surface area contributed by atoms with E-state index in [-0.39, 0.29) is 24.4 Å². The SMILES string of the molecule is CC[C@H](C)CCC[C@H](C)CCC[C@@H](C)[C@H](C)OCc1ccc(OCCCC(F)(F)C(F)(F)C(F)(F)C(F)(F)C(F)(F)C(F)(F)C(F)(F)F)cc1. The van der Waals surface area contributed by atoms with Crippen molar-refractivity contribution < 1.29 is 75.3 Å². The molecule has 4 atom stereocenters. The van der Waals surface area contributed by atoms with Crippen LogP contribution in [0.5, 0.6) is 5.75 Å². The Kier molecular flexibility index (Phi) is 16.2. The van der Waals surface area contributed by atoms with E-state index >= 15 is 0 Å². The Morgan fingerprint density at radius 2 is 1.02 bits per heavy atom. The molecule has 0 radical (unpaired) electrons. The van der Waals surface area contributed by atoms with Gasteiger partial charge in [0.2, 0.25) is 0 Å². The van der Waals surface area contributed by atoms with Gasteiger partial charge in [-0.05, 0) is 55.2 Å². The number of ether oxygens (including phenoxy) is 2. The zero-order valence-corrected chi connectivity index (χ0v) is 28.4. The summed E-state index contributed by atoms with van der Waals surface area (Å²) in [6.45, 7) is 9.96. The van der Waals surface area contributed by atoms with E-state index in [0.717, 1.165) is 25.2 Å². The molecule has 0 aliphatic rings. The van der Waals surface area contributed by atoms with Crippen molar-refractivity contribution in [1.82, 2.24) is 0 Å². The summed E-state index contributed by atoms with van der Waals surface area (Å²) in [5.74, 6) is -44.8. The first-order valence-corrected chi connectivity index (χ1v) is 16.3. The first-order valence-electron chi connectivity index (χ1n) is 16.3. The van der Waals surface area contributed by atoms with Gasteiger partial charge in [0.1, 0.15) is 5.75 Å². The number of halogens is 15. The standard InChI is InChI=1S/C33H45F15O2/c1-6-21(2)10-7-11-22(3)12-8-13-23(4)24(5)50-20-25-14-16-26(17-15-25)49-19-9-18-27(34,35)28(36,37)29(38,39)30(40,41)31(42,43)32(44,45)33(46,47)48/h14-17,21-24H,6-13,18-20H2,1-5H3/t21-,22-,23+,24-/m0/s1. The third-order valence-corrected chi connectivity index (χ3v) is 8.98. The van der Waals surface area contributed by atoms with Crippen molar-refractivity contribution in [2.45, 2.75) is 147 Å². The maximum Gasteiger partial charge on any atom is 0.460 e. The second-order valence-electron chi connectivity index (χ2n) is 13.1. The lowest BCUT2D eigenvalue weighted by molar-refractivity contribution is -0.452. The maximum atomic E-state index is 14.0. The van der Waals surface area contributed by atoms with Gasteiger partial charge in [0, 0.05) is 6.42 Å². The summed E-state index contributed by atoms with van der Waals surface area (Å²) >= 11 is 0. The molecule has 0 saturated heterocycles. The molecule has 0 aliphatic carbocycles. The highest BCUT2D eigenvalue weighted by atomic mass is 19.4. The topological polar surface area (TPSA) is 18.5 Å². The van der Waals surface area contributed by atoms with Gasteiger partial charge in [-0.1, -0.05) is 78.4 Å². The fourth-order valence-corrected chi connectivity index (χ4v) is 4.90. The molecule has 0 saturated carbocycles. The molecule has 0 unspecified atom stereocenters. The molecule has 2 nitrogen and oxygen atoms in total. The van der Waals surface area contributed by atoms with Crippen LogP contribution < -0.4 is 4.74 Å². The summed E-state index contributed by atoms with van der Waals surface area (Å²) in [5, 5.41) is 0. The molecule has 0 fully saturated rings. The van der Waals surface area contributed by atoms with Crippen LogP contribution in [-0.4, -0.2) is 54.4 Å². The Bertz CT molecular complexity index is 1140. The molecular weight excluding hydrogens is 713 g/mol. The fraction of sp³-hybridized carbons (Fsp3) is 0.818. The molecule has 0 heterocycles. The van der Waals surface area contributed by atoms with Crippen molar-refractivity contribution >= 4 is 0 Å². The van der Waals surface area contributed by atoms with Gasteiger partial charge in [-0.25, -0.2) is 0 Å². The van der Waals surface area contributed by atoms with E-state index in [4.69, 9.17) is 9.47 Å². The van der Waals surface area contributed by atoms with Crippen LogP contribution in [0.3, 0.4) is 0 Å². The Morgan fingerprint density at radius 3 is 1.52 bits per heavy atom. The minimum atomic E-state index is -8.28. The Labute approximate surface area is 282 Å². The molecule has 0 aliphatic heterocycles. The number of hydrogen-bond donors (Lipinski definition) is 0. The van der Waals surface area contributed by atoms with E-state index in [0.29, 0.717) is 11.5 Å². The van der Waals surface area contributed by atoms with Gasteiger partial charge in [0.05, 0.1) is 19.3 Å². The first kappa shape index (κ1) is 46.0. The van der Waals surface area contributed by atoms with Gasteiger partial charge in [-0.3, -0.25) is 0 Å². The first-order chi connectivity index (χ1) is 22.6. The van der Waals surface area contributed by atoms with E-state index in [9.17, 15) is 65.9 Å². The minimum Gasteiger partial charge on any atom is -0.494 e. The fourth-order valence-electron chi connectivity index (χ4n) is 4.90. The zero-order chi connectivity index (χ0) is 39.0. The third kappa shape index (κ3) is 10.7. The highest BCUT2D eigenvalue weighted by Crippen LogP contribution is 2.62. The van der Waals surface area contributed by atoms with Crippen LogP contribution in [0.25, 0.3) is 0 Å². The summed E-state index contributed by atoms with van der Waals surface area (Å²) in [4.78, 5) is 0. The molecule has 0 amide bonds. The van der Waals surface area contributed by atoms with Crippen molar-refractivity contribution in [3.05, 3.63) is 29.8 Å². The molecular formula is C33H45F15O2. The van der Waals surface area contributed by atoms with Gasteiger partial charge in [-0.15, -0.1) is 0 Å². The van der Waals surface area contributed by atoms with Crippen LogP contribution >= 0.6 is 0 Å². The Balaban J connectivity index is 2.64. The predicted molar refractivity (Wildman–Crippen MR) is 157 cm³/mol. The average molecular weight is 759 g/mol. The quantitative estimate of drug-likeness (QED) is 0.0817.